The number of ether oxygens (including phenoxy) is 2. The SMILES string of the molecule is COc1ccc(S(=O)(=O)NC(C(=O)OCC(=O)NCCC2=CCCCC2)C(C)C)cc1. The molecule has 172 valence electrons. The standard InChI is InChI=1S/C22H32N2O6S/c1-16(2)21(24-31(27,28)19-11-9-18(29-3)10-12-19)22(26)30-15-20(25)23-14-13-17-7-5-4-6-8-17/h7,9-12,16,21,24H,4-6,8,13-15H2,1-3H3,(H,23,25). The maximum atomic E-state index is 12.6. The Labute approximate surface area is 184 Å². The second kappa shape index (κ2) is 11.9. The summed E-state index contributed by atoms with van der Waals surface area (Å²) in [5.41, 5.74) is 1.34. The lowest BCUT2D eigenvalue weighted by Crippen LogP contribution is -2.46. The summed E-state index contributed by atoms with van der Waals surface area (Å²) >= 11 is 0. The van der Waals surface area contributed by atoms with Gasteiger partial charge in [0, 0.05) is 6.54 Å². The predicted molar refractivity (Wildman–Crippen MR) is 117 cm³/mol. The second-order valence-corrected chi connectivity index (χ2v) is 9.55. The second-order valence-electron chi connectivity index (χ2n) is 7.83. The van der Waals surface area contributed by atoms with Gasteiger partial charge in [0.2, 0.25) is 10.0 Å². The highest BCUT2D eigenvalue weighted by molar-refractivity contribution is 7.89. The Bertz CT molecular complexity index is 878. The Morgan fingerprint density at radius 1 is 1.13 bits per heavy atom. The first-order valence-corrected chi connectivity index (χ1v) is 12.0. The Morgan fingerprint density at radius 3 is 2.42 bits per heavy atom. The molecule has 0 saturated carbocycles. The van der Waals surface area contributed by atoms with Crippen molar-refractivity contribution >= 4 is 21.9 Å². The van der Waals surface area contributed by atoms with Crippen molar-refractivity contribution in [2.75, 3.05) is 20.3 Å². The molecule has 1 amide bonds. The van der Waals surface area contributed by atoms with Gasteiger partial charge in [0.05, 0.1) is 12.0 Å². The summed E-state index contributed by atoms with van der Waals surface area (Å²) in [6, 6.07) is 4.70. The van der Waals surface area contributed by atoms with E-state index >= 15 is 0 Å². The third-order valence-electron chi connectivity index (χ3n) is 5.07. The number of rotatable bonds is 11. The zero-order valence-corrected chi connectivity index (χ0v) is 19.2. The smallest absolute Gasteiger partial charge is 0.324 e. The van der Waals surface area contributed by atoms with Gasteiger partial charge >= 0.3 is 5.97 Å². The number of nitrogens with one attached hydrogen (secondary N) is 2. The van der Waals surface area contributed by atoms with Gasteiger partial charge in [-0.15, -0.1) is 0 Å². The lowest BCUT2D eigenvalue weighted by Gasteiger charge is -2.21. The van der Waals surface area contributed by atoms with Crippen LogP contribution in [0.15, 0.2) is 40.8 Å². The van der Waals surface area contributed by atoms with Gasteiger partial charge in [0.1, 0.15) is 11.8 Å². The maximum absolute atomic E-state index is 12.6. The molecule has 9 heteroatoms. The van der Waals surface area contributed by atoms with Crippen LogP contribution in [0.2, 0.25) is 0 Å². The van der Waals surface area contributed by atoms with E-state index in [-0.39, 0.29) is 10.8 Å². The quantitative estimate of drug-likeness (QED) is 0.394. The van der Waals surface area contributed by atoms with Gasteiger partial charge in [0.25, 0.3) is 5.91 Å². The molecule has 0 spiro atoms. The molecule has 0 saturated heterocycles. The van der Waals surface area contributed by atoms with Crippen LogP contribution >= 0.6 is 0 Å². The largest absolute Gasteiger partial charge is 0.497 e. The van der Waals surface area contributed by atoms with Gasteiger partial charge in [-0.1, -0.05) is 25.5 Å². The van der Waals surface area contributed by atoms with Crippen LogP contribution in [-0.2, 0) is 24.3 Å². The fraction of sp³-hybridized carbons (Fsp3) is 0.545. The molecule has 0 fully saturated rings. The molecule has 1 aliphatic rings. The maximum Gasteiger partial charge on any atom is 0.324 e. The van der Waals surface area contributed by atoms with E-state index in [9.17, 15) is 18.0 Å². The van der Waals surface area contributed by atoms with Crippen molar-refractivity contribution in [3.8, 4) is 5.75 Å². The molecular formula is C22H32N2O6S. The van der Waals surface area contributed by atoms with E-state index in [1.54, 1.807) is 13.8 Å². The number of esters is 1. The molecule has 0 radical (unpaired) electrons. The number of carbonyl (C=O) groups is 2. The molecule has 8 nitrogen and oxygen atoms in total. The average Bonchev–Trinajstić information content (AvgIpc) is 2.76. The highest BCUT2D eigenvalue weighted by atomic mass is 32.2. The molecule has 1 unspecified atom stereocenters. The fourth-order valence-corrected chi connectivity index (χ4v) is 4.55. The summed E-state index contributed by atoms with van der Waals surface area (Å²) in [6.07, 6.45) is 7.55. The van der Waals surface area contributed by atoms with Crippen molar-refractivity contribution in [2.24, 2.45) is 5.92 Å². The van der Waals surface area contributed by atoms with Crippen LogP contribution in [0.3, 0.4) is 0 Å². The highest BCUT2D eigenvalue weighted by Crippen LogP contribution is 2.19. The van der Waals surface area contributed by atoms with E-state index in [0.717, 1.165) is 19.3 Å². The van der Waals surface area contributed by atoms with E-state index in [2.05, 4.69) is 16.1 Å². The third-order valence-corrected chi connectivity index (χ3v) is 6.53. The Kier molecular flexibility index (Phi) is 9.51. The van der Waals surface area contributed by atoms with Crippen molar-refractivity contribution in [1.29, 1.82) is 0 Å². The molecule has 1 aromatic rings. The third kappa shape index (κ3) is 7.99. The molecule has 1 aromatic carbocycles. The average molecular weight is 453 g/mol. The normalized spacial score (nSPS) is 15.2. The summed E-state index contributed by atoms with van der Waals surface area (Å²) in [6.45, 7) is 3.42. The number of amides is 1. The number of methoxy groups -OCH3 is 1. The topological polar surface area (TPSA) is 111 Å². The van der Waals surface area contributed by atoms with Gasteiger partial charge in [-0.2, -0.15) is 4.72 Å². The summed E-state index contributed by atoms with van der Waals surface area (Å²) in [5, 5.41) is 2.73. The van der Waals surface area contributed by atoms with Crippen molar-refractivity contribution in [2.45, 2.75) is 56.9 Å². The number of allylic oxidation sites excluding steroid dienone is 1. The monoisotopic (exact) mass is 452 g/mol. The van der Waals surface area contributed by atoms with E-state index < -0.39 is 34.5 Å². The molecule has 2 rings (SSSR count). The summed E-state index contributed by atoms with van der Waals surface area (Å²) < 4.78 is 37.7. The molecule has 1 aliphatic carbocycles. The zero-order valence-electron chi connectivity index (χ0n) is 18.3. The van der Waals surface area contributed by atoms with Crippen molar-refractivity contribution in [3.63, 3.8) is 0 Å². The van der Waals surface area contributed by atoms with Gasteiger partial charge in [-0.3, -0.25) is 9.59 Å². The first kappa shape index (κ1) is 24.9. The molecule has 31 heavy (non-hydrogen) atoms. The first-order chi connectivity index (χ1) is 14.7. The molecule has 0 aliphatic heterocycles. The lowest BCUT2D eigenvalue weighted by molar-refractivity contribution is -0.151. The van der Waals surface area contributed by atoms with Crippen LogP contribution < -0.4 is 14.8 Å². The van der Waals surface area contributed by atoms with Gasteiger partial charge < -0.3 is 14.8 Å². The van der Waals surface area contributed by atoms with Gasteiger partial charge in [-0.25, -0.2) is 8.42 Å². The van der Waals surface area contributed by atoms with Crippen LogP contribution in [0.25, 0.3) is 0 Å². The molecule has 0 aromatic heterocycles. The molecular weight excluding hydrogens is 420 g/mol. The van der Waals surface area contributed by atoms with Crippen molar-refractivity contribution in [3.05, 3.63) is 35.9 Å². The van der Waals surface area contributed by atoms with Crippen molar-refractivity contribution < 1.29 is 27.5 Å². The van der Waals surface area contributed by atoms with Crippen LogP contribution in [0, 0.1) is 5.92 Å². The number of hydrogen-bond donors (Lipinski definition) is 2. The van der Waals surface area contributed by atoms with Crippen LogP contribution in [0.5, 0.6) is 5.75 Å². The highest BCUT2D eigenvalue weighted by Gasteiger charge is 2.30. The number of carbonyl (C=O) groups excluding carboxylic acids is 2. The molecule has 0 bridgehead atoms. The van der Waals surface area contributed by atoms with Gasteiger partial charge in [-0.05, 0) is 62.3 Å². The predicted octanol–water partition coefficient (Wildman–Crippen LogP) is 2.55. The summed E-state index contributed by atoms with van der Waals surface area (Å²) in [4.78, 5) is 24.5. The van der Waals surface area contributed by atoms with Crippen molar-refractivity contribution in [1.82, 2.24) is 10.0 Å². The lowest BCUT2D eigenvalue weighted by atomic mass is 9.97. The summed E-state index contributed by atoms with van der Waals surface area (Å²) in [5.74, 6) is -1.06. The number of hydrogen-bond acceptors (Lipinski definition) is 6. The van der Waals surface area contributed by atoms with Crippen LogP contribution in [0.4, 0.5) is 0 Å². The van der Waals surface area contributed by atoms with E-state index in [1.165, 1.54) is 49.8 Å². The van der Waals surface area contributed by atoms with E-state index in [4.69, 9.17) is 9.47 Å². The number of benzene rings is 1. The first-order valence-electron chi connectivity index (χ1n) is 10.5. The van der Waals surface area contributed by atoms with E-state index in [0.29, 0.717) is 12.3 Å². The molecule has 0 heterocycles. The Hall–Kier alpha value is -2.39. The Morgan fingerprint density at radius 2 is 1.84 bits per heavy atom. The Balaban J connectivity index is 1.86. The van der Waals surface area contributed by atoms with Crippen LogP contribution in [0.1, 0.15) is 46.0 Å². The minimum absolute atomic E-state index is 0.00140. The molecule has 1 atom stereocenters. The van der Waals surface area contributed by atoms with Gasteiger partial charge in [0.15, 0.2) is 6.61 Å². The van der Waals surface area contributed by atoms with E-state index in [1.807, 2.05) is 0 Å². The zero-order chi connectivity index (χ0) is 22.9. The summed E-state index contributed by atoms with van der Waals surface area (Å²) in [7, 11) is -2.47. The minimum Gasteiger partial charge on any atom is -0.497 e. The number of sulfonamides is 1. The van der Waals surface area contributed by atoms with Crippen LogP contribution in [-0.4, -0.2) is 46.6 Å². The molecule has 2 N–H and O–H groups in total. The minimum atomic E-state index is -3.95. The fourth-order valence-electron chi connectivity index (χ4n) is 3.22.